The minimum atomic E-state index is -0.342. The number of carbonyl (C=O) groups is 2. The second kappa shape index (κ2) is 7.38. The molecule has 1 aliphatic heterocycles. The van der Waals surface area contributed by atoms with Gasteiger partial charge in [0.1, 0.15) is 11.5 Å². The van der Waals surface area contributed by atoms with Crippen LogP contribution in [0, 0.1) is 12.8 Å². The number of amides is 2. The van der Waals surface area contributed by atoms with Crippen LogP contribution in [-0.4, -0.2) is 37.2 Å². The molecule has 1 atom stereocenters. The Morgan fingerprint density at radius 3 is 2.80 bits per heavy atom. The monoisotopic (exact) mass is 343 g/mol. The maximum atomic E-state index is 12.3. The lowest BCUT2D eigenvalue weighted by Crippen LogP contribution is -2.34. The van der Waals surface area contributed by atoms with Crippen molar-refractivity contribution in [3.05, 3.63) is 41.8 Å². The van der Waals surface area contributed by atoms with Gasteiger partial charge in [-0.1, -0.05) is 5.16 Å². The number of aryl methyl sites for hydroxylation is 1. The van der Waals surface area contributed by atoms with Crippen LogP contribution in [0.2, 0.25) is 0 Å². The van der Waals surface area contributed by atoms with Crippen LogP contribution in [0.3, 0.4) is 0 Å². The Hall–Kier alpha value is -2.83. The van der Waals surface area contributed by atoms with Crippen LogP contribution in [0.4, 0.5) is 5.69 Å². The van der Waals surface area contributed by atoms with E-state index in [1.54, 1.807) is 24.1 Å². The Balaban J connectivity index is 1.53. The zero-order valence-electron chi connectivity index (χ0n) is 14.3. The van der Waals surface area contributed by atoms with Crippen LogP contribution in [0.5, 0.6) is 5.75 Å². The van der Waals surface area contributed by atoms with Gasteiger partial charge >= 0.3 is 0 Å². The van der Waals surface area contributed by atoms with Gasteiger partial charge < -0.3 is 19.5 Å². The summed E-state index contributed by atoms with van der Waals surface area (Å²) in [5.41, 5.74) is 1.59. The van der Waals surface area contributed by atoms with Crippen LogP contribution in [0.1, 0.15) is 17.9 Å². The lowest BCUT2D eigenvalue weighted by atomic mass is 10.1. The summed E-state index contributed by atoms with van der Waals surface area (Å²) in [6, 6.07) is 9.09. The molecule has 2 aromatic rings. The maximum absolute atomic E-state index is 12.3. The molecule has 132 valence electrons. The summed E-state index contributed by atoms with van der Waals surface area (Å²) in [5.74, 6) is 0.968. The summed E-state index contributed by atoms with van der Waals surface area (Å²) in [5, 5.41) is 6.68. The first-order valence-electron chi connectivity index (χ1n) is 8.21. The van der Waals surface area contributed by atoms with Crippen molar-refractivity contribution in [1.29, 1.82) is 0 Å². The molecule has 1 aliphatic rings. The molecular weight excluding hydrogens is 322 g/mol. The van der Waals surface area contributed by atoms with Gasteiger partial charge in [0.15, 0.2) is 0 Å². The fourth-order valence-corrected chi connectivity index (χ4v) is 2.88. The highest BCUT2D eigenvalue weighted by atomic mass is 16.5. The minimum Gasteiger partial charge on any atom is -0.497 e. The maximum Gasteiger partial charge on any atom is 0.227 e. The van der Waals surface area contributed by atoms with Crippen LogP contribution in [0.15, 0.2) is 34.9 Å². The second-order valence-electron chi connectivity index (χ2n) is 6.08. The fourth-order valence-electron chi connectivity index (χ4n) is 2.88. The number of aromatic nitrogens is 1. The molecule has 1 unspecified atom stereocenters. The molecule has 0 radical (unpaired) electrons. The highest BCUT2D eigenvalue weighted by Gasteiger charge is 2.34. The first kappa shape index (κ1) is 17.0. The molecular formula is C18H21N3O4. The molecule has 1 aromatic carbocycles. The van der Waals surface area contributed by atoms with Crippen LogP contribution >= 0.6 is 0 Å². The van der Waals surface area contributed by atoms with E-state index in [0.717, 1.165) is 22.9 Å². The third-order valence-electron chi connectivity index (χ3n) is 4.23. The molecule has 1 N–H and O–H groups in total. The Morgan fingerprint density at radius 1 is 1.40 bits per heavy atom. The summed E-state index contributed by atoms with van der Waals surface area (Å²) >= 11 is 0. The number of hydrogen-bond donors (Lipinski definition) is 1. The third-order valence-corrected chi connectivity index (χ3v) is 4.23. The van der Waals surface area contributed by atoms with Gasteiger partial charge in [-0.15, -0.1) is 0 Å². The molecule has 2 amide bonds. The first-order chi connectivity index (χ1) is 12.1. The van der Waals surface area contributed by atoms with Gasteiger partial charge in [0.25, 0.3) is 0 Å². The number of ether oxygens (including phenoxy) is 1. The number of rotatable bonds is 6. The Labute approximate surface area is 145 Å². The van der Waals surface area contributed by atoms with Crippen molar-refractivity contribution in [3.8, 4) is 5.75 Å². The summed E-state index contributed by atoms with van der Waals surface area (Å²) < 4.78 is 10.2. The molecule has 0 saturated carbocycles. The van der Waals surface area contributed by atoms with Gasteiger partial charge in [0.05, 0.1) is 18.7 Å². The van der Waals surface area contributed by atoms with Crippen molar-refractivity contribution in [1.82, 2.24) is 10.5 Å². The summed E-state index contributed by atoms with van der Waals surface area (Å²) in [7, 11) is 1.59. The lowest BCUT2D eigenvalue weighted by Gasteiger charge is -2.17. The highest BCUT2D eigenvalue weighted by molar-refractivity contribution is 6.00. The van der Waals surface area contributed by atoms with E-state index in [1.807, 2.05) is 25.1 Å². The van der Waals surface area contributed by atoms with E-state index in [9.17, 15) is 9.59 Å². The van der Waals surface area contributed by atoms with Crippen molar-refractivity contribution in [2.24, 2.45) is 5.92 Å². The van der Waals surface area contributed by atoms with Gasteiger partial charge in [0.2, 0.25) is 11.8 Å². The number of anilines is 1. The number of nitrogens with one attached hydrogen (secondary N) is 1. The fraction of sp³-hybridized carbons (Fsp3) is 0.389. The predicted molar refractivity (Wildman–Crippen MR) is 91.4 cm³/mol. The third kappa shape index (κ3) is 3.99. The normalized spacial score (nSPS) is 17.0. The molecule has 0 spiro atoms. The van der Waals surface area contributed by atoms with E-state index < -0.39 is 0 Å². The quantitative estimate of drug-likeness (QED) is 0.863. The SMILES string of the molecule is COc1ccc(N2CC(C(=O)NCCc3cc(C)no3)CC2=O)cc1. The van der Waals surface area contributed by atoms with E-state index in [2.05, 4.69) is 10.5 Å². The lowest BCUT2D eigenvalue weighted by molar-refractivity contribution is -0.126. The molecule has 0 aliphatic carbocycles. The molecule has 3 rings (SSSR count). The van der Waals surface area contributed by atoms with Crippen molar-refractivity contribution in [2.75, 3.05) is 25.1 Å². The van der Waals surface area contributed by atoms with E-state index in [-0.39, 0.29) is 24.2 Å². The Kier molecular flexibility index (Phi) is 5.02. The van der Waals surface area contributed by atoms with Crippen molar-refractivity contribution in [3.63, 3.8) is 0 Å². The number of nitrogens with zero attached hydrogens (tertiary/aromatic N) is 2. The number of carbonyl (C=O) groups excluding carboxylic acids is 2. The van der Waals surface area contributed by atoms with E-state index in [0.29, 0.717) is 19.5 Å². The molecule has 1 saturated heterocycles. The molecule has 7 heteroatoms. The van der Waals surface area contributed by atoms with Crippen LogP contribution < -0.4 is 15.0 Å². The average Bonchev–Trinajstić information content (AvgIpc) is 3.20. The topological polar surface area (TPSA) is 84.7 Å². The van der Waals surface area contributed by atoms with Crippen molar-refractivity contribution >= 4 is 17.5 Å². The summed E-state index contributed by atoms with van der Waals surface area (Å²) in [4.78, 5) is 26.2. The zero-order chi connectivity index (χ0) is 17.8. The summed E-state index contributed by atoms with van der Waals surface area (Å²) in [6.07, 6.45) is 0.800. The Bertz CT molecular complexity index is 754. The van der Waals surface area contributed by atoms with E-state index >= 15 is 0 Å². The molecule has 1 aromatic heterocycles. The predicted octanol–water partition coefficient (Wildman–Crippen LogP) is 1.70. The largest absolute Gasteiger partial charge is 0.497 e. The van der Waals surface area contributed by atoms with Gasteiger partial charge in [-0.05, 0) is 31.2 Å². The van der Waals surface area contributed by atoms with E-state index in [4.69, 9.17) is 9.26 Å². The molecule has 25 heavy (non-hydrogen) atoms. The molecule has 1 fully saturated rings. The van der Waals surface area contributed by atoms with Crippen LogP contribution in [-0.2, 0) is 16.0 Å². The van der Waals surface area contributed by atoms with Crippen LogP contribution in [0.25, 0.3) is 0 Å². The van der Waals surface area contributed by atoms with Gasteiger partial charge in [-0.2, -0.15) is 0 Å². The molecule has 2 heterocycles. The van der Waals surface area contributed by atoms with Gasteiger partial charge in [0, 0.05) is 37.7 Å². The highest BCUT2D eigenvalue weighted by Crippen LogP contribution is 2.26. The zero-order valence-corrected chi connectivity index (χ0v) is 14.3. The second-order valence-corrected chi connectivity index (χ2v) is 6.08. The number of benzene rings is 1. The van der Waals surface area contributed by atoms with Crippen molar-refractivity contribution in [2.45, 2.75) is 19.8 Å². The van der Waals surface area contributed by atoms with Gasteiger partial charge in [-0.25, -0.2) is 0 Å². The number of methoxy groups -OCH3 is 1. The van der Waals surface area contributed by atoms with Crippen molar-refractivity contribution < 1.29 is 18.8 Å². The first-order valence-corrected chi connectivity index (χ1v) is 8.21. The number of hydrogen-bond acceptors (Lipinski definition) is 5. The average molecular weight is 343 g/mol. The summed E-state index contributed by atoms with van der Waals surface area (Å²) in [6.45, 7) is 2.70. The minimum absolute atomic E-state index is 0.0452. The smallest absolute Gasteiger partial charge is 0.227 e. The van der Waals surface area contributed by atoms with E-state index in [1.165, 1.54) is 0 Å². The van der Waals surface area contributed by atoms with Gasteiger partial charge in [-0.3, -0.25) is 9.59 Å². The molecule has 0 bridgehead atoms. The Morgan fingerprint density at radius 2 is 2.16 bits per heavy atom. The molecule has 7 nitrogen and oxygen atoms in total. The standard InChI is InChI=1S/C18H21N3O4/c1-12-9-16(25-20-12)7-8-19-18(23)13-10-17(22)21(11-13)14-3-5-15(24-2)6-4-14/h3-6,9,13H,7-8,10-11H2,1-2H3,(H,19,23).